The Balaban J connectivity index is 1.35. The maximum absolute atomic E-state index is 5.73. The standard InChI is InChI=1S/C20H19N3O/c1-2-5-15(6-3-1)16-11-18(12-16)23-17-7-4-8-19(13-17)24-20-14-21-9-10-22-20/h1-10,13-14,16,18,23H,11-12H2. The second kappa shape index (κ2) is 6.71. The van der Waals surface area contributed by atoms with E-state index < -0.39 is 0 Å². The summed E-state index contributed by atoms with van der Waals surface area (Å²) < 4.78 is 5.73. The Kier molecular flexibility index (Phi) is 4.11. The molecule has 4 rings (SSSR count). The van der Waals surface area contributed by atoms with Crippen LogP contribution >= 0.6 is 0 Å². The van der Waals surface area contributed by atoms with E-state index in [0.717, 1.165) is 11.4 Å². The molecule has 0 spiro atoms. The van der Waals surface area contributed by atoms with Gasteiger partial charge in [-0.25, -0.2) is 4.98 Å². The first-order chi connectivity index (χ1) is 11.9. The molecule has 3 aromatic rings. The molecule has 1 aliphatic rings. The van der Waals surface area contributed by atoms with Crippen LogP contribution in [-0.2, 0) is 0 Å². The summed E-state index contributed by atoms with van der Waals surface area (Å²) in [5.41, 5.74) is 2.52. The molecule has 0 unspecified atom stereocenters. The molecule has 4 nitrogen and oxygen atoms in total. The molecule has 24 heavy (non-hydrogen) atoms. The van der Waals surface area contributed by atoms with E-state index >= 15 is 0 Å². The molecule has 0 saturated heterocycles. The highest BCUT2D eigenvalue weighted by molar-refractivity contribution is 5.50. The van der Waals surface area contributed by atoms with E-state index in [0.29, 0.717) is 17.8 Å². The average Bonchev–Trinajstić information content (AvgIpc) is 2.60. The van der Waals surface area contributed by atoms with E-state index in [2.05, 4.69) is 51.7 Å². The lowest BCUT2D eigenvalue weighted by molar-refractivity contribution is 0.374. The molecule has 1 saturated carbocycles. The van der Waals surface area contributed by atoms with Gasteiger partial charge in [-0.1, -0.05) is 36.4 Å². The Labute approximate surface area is 141 Å². The molecular weight excluding hydrogens is 298 g/mol. The SMILES string of the molecule is c1ccc(C2CC(Nc3cccc(Oc4cnccn4)c3)C2)cc1. The molecule has 1 fully saturated rings. The molecule has 2 aromatic carbocycles. The molecule has 0 radical (unpaired) electrons. The van der Waals surface area contributed by atoms with Gasteiger partial charge in [0, 0.05) is 30.2 Å². The first kappa shape index (κ1) is 14.7. The fraction of sp³-hybridized carbons (Fsp3) is 0.200. The molecule has 1 N–H and O–H groups in total. The van der Waals surface area contributed by atoms with Gasteiger partial charge in [0.05, 0.1) is 6.20 Å². The third-order valence-electron chi connectivity index (χ3n) is 4.38. The van der Waals surface area contributed by atoms with Crippen LogP contribution in [-0.4, -0.2) is 16.0 Å². The first-order valence-electron chi connectivity index (χ1n) is 8.22. The fourth-order valence-electron chi connectivity index (χ4n) is 3.08. The number of hydrogen-bond donors (Lipinski definition) is 1. The number of nitrogens with zero attached hydrogens (tertiary/aromatic N) is 2. The molecule has 120 valence electrons. The summed E-state index contributed by atoms with van der Waals surface area (Å²) >= 11 is 0. The van der Waals surface area contributed by atoms with Crippen molar-refractivity contribution in [3.63, 3.8) is 0 Å². The van der Waals surface area contributed by atoms with Crippen LogP contribution in [0.2, 0.25) is 0 Å². The second-order valence-corrected chi connectivity index (χ2v) is 6.09. The molecule has 0 aliphatic heterocycles. The first-order valence-corrected chi connectivity index (χ1v) is 8.22. The number of nitrogens with one attached hydrogen (secondary N) is 1. The normalized spacial score (nSPS) is 19.3. The topological polar surface area (TPSA) is 47.0 Å². The van der Waals surface area contributed by atoms with Crippen molar-refractivity contribution in [2.75, 3.05) is 5.32 Å². The van der Waals surface area contributed by atoms with E-state index in [1.54, 1.807) is 18.6 Å². The lowest BCUT2D eigenvalue weighted by Gasteiger charge is -2.37. The maximum atomic E-state index is 5.73. The lowest BCUT2D eigenvalue weighted by atomic mass is 9.76. The van der Waals surface area contributed by atoms with E-state index in [1.165, 1.54) is 18.4 Å². The van der Waals surface area contributed by atoms with Crippen LogP contribution in [0.25, 0.3) is 0 Å². The minimum Gasteiger partial charge on any atom is -0.437 e. The predicted octanol–water partition coefficient (Wildman–Crippen LogP) is 4.63. The number of aromatic nitrogens is 2. The van der Waals surface area contributed by atoms with Crippen LogP contribution in [0, 0.1) is 0 Å². The third-order valence-corrected chi connectivity index (χ3v) is 4.38. The zero-order chi connectivity index (χ0) is 16.2. The molecule has 0 bridgehead atoms. The summed E-state index contributed by atoms with van der Waals surface area (Å²) in [6.45, 7) is 0. The highest BCUT2D eigenvalue weighted by Crippen LogP contribution is 2.38. The molecular formula is C20H19N3O. The van der Waals surface area contributed by atoms with Gasteiger partial charge < -0.3 is 10.1 Å². The van der Waals surface area contributed by atoms with Gasteiger partial charge in [0.25, 0.3) is 0 Å². The van der Waals surface area contributed by atoms with Crippen molar-refractivity contribution in [3.05, 3.63) is 78.8 Å². The van der Waals surface area contributed by atoms with E-state index in [1.807, 2.05) is 18.2 Å². The number of benzene rings is 2. The molecule has 4 heteroatoms. The highest BCUT2D eigenvalue weighted by atomic mass is 16.5. The summed E-state index contributed by atoms with van der Waals surface area (Å²) in [4.78, 5) is 8.14. The minimum absolute atomic E-state index is 0.502. The smallest absolute Gasteiger partial charge is 0.237 e. The quantitative estimate of drug-likeness (QED) is 0.745. The Morgan fingerprint density at radius 3 is 2.62 bits per heavy atom. The van der Waals surface area contributed by atoms with Gasteiger partial charge in [0.1, 0.15) is 5.75 Å². The molecule has 1 aliphatic carbocycles. The van der Waals surface area contributed by atoms with Gasteiger partial charge >= 0.3 is 0 Å². The van der Waals surface area contributed by atoms with Crippen molar-refractivity contribution in [1.29, 1.82) is 0 Å². The highest BCUT2D eigenvalue weighted by Gasteiger charge is 2.29. The van der Waals surface area contributed by atoms with Crippen molar-refractivity contribution in [2.24, 2.45) is 0 Å². The maximum Gasteiger partial charge on any atom is 0.237 e. The Hall–Kier alpha value is -2.88. The number of rotatable bonds is 5. The van der Waals surface area contributed by atoms with Crippen molar-refractivity contribution in [3.8, 4) is 11.6 Å². The number of anilines is 1. The number of ether oxygens (including phenoxy) is 1. The lowest BCUT2D eigenvalue weighted by Crippen LogP contribution is -2.33. The number of hydrogen-bond acceptors (Lipinski definition) is 4. The van der Waals surface area contributed by atoms with Gasteiger partial charge in [-0.15, -0.1) is 0 Å². The predicted molar refractivity (Wildman–Crippen MR) is 94.4 cm³/mol. The zero-order valence-electron chi connectivity index (χ0n) is 13.3. The van der Waals surface area contributed by atoms with Crippen molar-refractivity contribution >= 4 is 5.69 Å². The van der Waals surface area contributed by atoms with Gasteiger partial charge in [0.2, 0.25) is 5.88 Å². The van der Waals surface area contributed by atoms with Gasteiger partial charge in [-0.05, 0) is 36.5 Å². The summed E-state index contributed by atoms with van der Waals surface area (Å²) in [7, 11) is 0. The van der Waals surface area contributed by atoms with Gasteiger partial charge in [-0.2, -0.15) is 0 Å². The van der Waals surface area contributed by atoms with Crippen molar-refractivity contribution in [2.45, 2.75) is 24.8 Å². The van der Waals surface area contributed by atoms with Crippen molar-refractivity contribution in [1.82, 2.24) is 9.97 Å². The Morgan fingerprint density at radius 1 is 0.958 bits per heavy atom. The Bertz CT molecular complexity index is 786. The van der Waals surface area contributed by atoms with Crippen molar-refractivity contribution < 1.29 is 4.74 Å². The van der Waals surface area contributed by atoms with Crippen LogP contribution in [0.15, 0.2) is 73.2 Å². The average molecular weight is 317 g/mol. The Morgan fingerprint density at radius 2 is 1.83 bits per heavy atom. The van der Waals surface area contributed by atoms with E-state index in [9.17, 15) is 0 Å². The minimum atomic E-state index is 0.502. The molecule has 0 amide bonds. The second-order valence-electron chi connectivity index (χ2n) is 6.09. The molecule has 0 atom stereocenters. The van der Waals surface area contributed by atoms with Gasteiger partial charge in [-0.3, -0.25) is 4.98 Å². The molecule has 1 heterocycles. The fourth-order valence-corrected chi connectivity index (χ4v) is 3.08. The zero-order valence-corrected chi connectivity index (χ0v) is 13.3. The van der Waals surface area contributed by atoms with E-state index in [4.69, 9.17) is 4.74 Å². The summed E-state index contributed by atoms with van der Waals surface area (Å²) in [6.07, 6.45) is 7.19. The summed E-state index contributed by atoms with van der Waals surface area (Å²) in [6, 6.07) is 19.2. The van der Waals surface area contributed by atoms with Crippen LogP contribution in [0.1, 0.15) is 24.3 Å². The largest absolute Gasteiger partial charge is 0.437 e. The monoisotopic (exact) mass is 317 g/mol. The van der Waals surface area contributed by atoms with Crippen LogP contribution in [0.3, 0.4) is 0 Å². The van der Waals surface area contributed by atoms with Crippen LogP contribution < -0.4 is 10.1 Å². The van der Waals surface area contributed by atoms with Gasteiger partial charge in [0.15, 0.2) is 0 Å². The summed E-state index contributed by atoms with van der Waals surface area (Å²) in [5, 5.41) is 3.59. The summed E-state index contributed by atoms with van der Waals surface area (Å²) in [5.74, 6) is 1.93. The van der Waals surface area contributed by atoms with E-state index in [-0.39, 0.29) is 0 Å². The molecule has 1 aromatic heterocycles. The van der Waals surface area contributed by atoms with Crippen LogP contribution in [0.4, 0.5) is 5.69 Å². The third kappa shape index (κ3) is 3.38. The van der Waals surface area contributed by atoms with Crippen LogP contribution in [0.5, 0.6) is 11.6 Å².